The van der Waals surface area contributed by atoms with Gasteiger partial charge in [-0.1, -0.05) is 26.0 Å². The molecule has 1 aliphatic heterocycles. The van der Waals surface area contributed by atoms with E-state index in [1.807, 2.05) is 18.2 Å². The number of hydrogen-bond acceptors (Lipinski definition) is 6. The fraction of sp³-hybridized carbons (Fsp3) is 0.476. The average molecular weight is 391 g/mol. The van der Waals surface area contributed by atoms with Crippen molar-refractivity contribution >= 4 is 11.8 Å². The molecule has 8 heteroatoms. The lowest BCUT2D eigenvalue weighted by Gasteiger charge is -2.54. The van der Waals surface area contributed by atoms with Crippen LogP contribution in [0.15, 0.2) is 24.3 Å². The molecule has 1 aliphatic carbocycles. The van der Waals surface area contributed by atoms with Crippen molar-refractivity contribution in [2.45, 2.75) is 32.4 Å². The van der Waals surface area contributed by atoms with Gasteiger partial charge in [-0.25, -0.2) is 0 Å². The van der Waals surface area contributed by atoms with Crippen molar-refractivity contribution in [3.63, 3.8) is 0 Å². The van der Waals surface area contributed by atoms with Crippen molar-refractivity contribution in [2.75, 3.05) is 7.11 Å². The minimum atomic E-state index is -1.95. The quantitative estimate of drug-likeness (QED) is 0.802. The Bertz CT molecular complexity index is 985. The summed E-state index contributed by atoms with van der Waals surface area (Å²) in [6.07, 6.45) is 0. The molecule has 5 atom stereocenters. The third kappa shape index (κ3) is 2.22. The number of nitrogens with one attached hydrogen (secondary N) is 2. The first kappa shape index (κ1) is 20.2. The number of ether oxygens (including phenoxy) is 1. The van der Waals surface area contributed by atoms with Crippen LogP contribution in [0.2, 0.25) is 0 Å². The van der Waals surface area contributed by atoms with E-state index in [4.69, 9.17) is 4.74 Å². The number of carbonyl (C=O) groups is 2. The van der Waals surface area contributed by atoms with Crippen LogP contribution < -0.4 is 15.4 Å². The maximum atomic E-state index is 13.2. The van der Waals surface area contributed by atoms with Gasteiger partial charge in [-0.05, 0) is 17.7 Å². The first-order valence-electron chi connectivity index (χ1n) is 9.19. The zero-order chi connectivity index (χ0) is 21.6. The standard InChI is InChI=1S/C21H21N5O3/c1-12-17(15-5-7-16(29-4)8-6-15)19(9-22,10-23)20(11-24)13(2)21(12,25-14(3)27)26-18(20)28/h5-8,12-13,17H,1-4H3,(H,25,27)(H,26,28)/t12-,13+,17-,20+,21+/m0/s1. The highest BCUT2D eigenvalue weighted by atomic mass is 16.5. The van der Waals surface area contributed by atoms with E-state index in [0.29, 0.717) is 11.3 Å². The van der Waals surface area contributed by atoms with Gasteiger partial charge in [-0.15, -0.1) is 0 Å². The normalized spacial score (nSPS) is 34.1. The number of benzene rings is 1. The number of nitriles is 3. The van der Waals surface area contributed by atoms with Crippen LogP contribution in [-0.4, -0.2) is 24.6 Å². The lowest BCUT2D eigenvalue weighted by atomic mass is 9.44. The molecule has 1 saturated carbocycles. The van der Waals surface area contributed by atoms with Crippen molar-refractivity contribution in [3.05, 3.63) is 29.8 Å². The van der Waals surface area contributed by atoms with Gasteiger partial charge < -0.3 is 15.4 Å². The Kier molecular flexibility index (Phi) is 4.52. The Hall–Kier alpha value is -3.57. The molecule has 8 nitrogen and oxygen atoms in total. The fourth-order valence-electron chi connectivity index (χ4n) is 5.32. The number of fused-ring (bicyclic) bond motifs is 2. The van der Waals surface area contributed by atoms with Gasteiger partial charge in [0.2, 0.25) is 11.8 Å². The van der Waals surface area contributed by atoms with Gasteiger partial charge in [0.05, 0.1) is 25.3 Å². The van der Waals surface area contributed by atoms with Crippen LogP contribution in [0.4, 0.5) is 0 Å². The minimum Gasteiger partial charge on any atom is -0.497 e. The molecule has 1 saturated heterocycles. The number of nitrogens with zero attached hydrogens (tertiary/aromatic N) is 3. The van der Waals surface area contributed by atoms with Crippen LogP contribution in [0, 0.1) is 56.7 Å². The molecule has 0 spiro atoms. The predicted molar refractivity (Wildman–Crippen MR) is 100 cm³/mol. The Morgan fingerprint density at radius 1 is 1.14 bits per heavy atom. The molecule has 1 aromatic carbocycles. The van der Waals surface area contributed by atoms with Crippen LogP contribution in [0.1, 0.15) is 32.3 Å². The number of hydrogen-bond donors (Lipinski definition) is 2. The third-order valence-electron chi connectivity index (χ3n) is 6.70. The SMILES string of the molecule is COc1ccc([C@@H]2[C@H](C)[C@@]3(NC(C)=O)NC(=O)[C@@](C#N)([C@H]3C)C2(C#N)C#N)cc1. The first-order valence-corrected chi connectivity index (χ1v) is 9.19. The maximum absolute atomic E-state index is 13.2. The van der Waals surface area contributed by atoms with E-state index in [0.717, 1.165) is 0 Å². The Morgan fingerprint density at radius 2 is 1.72 bits per heavy atom. The predicted octanol–water partition coefficient (Wildman–Crippen LogP) is 1.57. The van der Waals surface area contributed by atoms with Crippen LogP contribution in [0.5, 0.6) is 5.75 Å². The number of methoxy groups -OCH3 is 1. The van der Waals surface area contributed by atoms with E-state index in [1.54, 1.807) is 38.1 Å². The summed E-state index contributed by atoms with van der Waals surface area (Å²) in [5.41, 5.74) is -4.55. The van der Waals surface area contributed by atoms with E-state index in [2.05, 4.69) is 10.6 Å². The Balaban J connectivity index is 2.36. The molecule has 2 fully saturated rings. The van der Waals surface area contributed by atoms with Gasteiger partial charge >= 0.3 is 0 Å². The summed E-state index contributed by atoms with van der Waals surface area (Å²) in [6, 6.07) is 12.9. The Labute approximate surface area is 169 Å². The monoisotopic (exact) mass is 391 g/mol. The van der Waals surface area contributed by atoms with Gasteiger partial charge in [0.1, 0.15) is 11.4 Å². The van der Waals surface area contributed by atoms with Gasteiger partial charge in [-0.2, -0.15) is 15.8 Å². The number of amides is 2. The van der Waals surface area contributed by atoms with Gasteiger partial charge in [0.15, 0.2) is 10.8 Å². The summed E-state index contributed by atoms with van der Waals surface area (Å²) in [5, 5.41) is 36.1. The molecule has 0 radical (unpaired) electrons. The molecule has 2 bridgehead atoms. The minimum absolute atomic E-state index is 0.382. The van der Waals surface area contributed by atoms with Crippen LogP contribution in [0.25, 0.3) is 0 Å². The largest absolute Gasteiger partial charge is 0.497 e. The first-order chi connectivity index (χ1) is 13.7. The summed E-state index contributed by atoms with van der Waals surface area (Å²) >= 11 is 0. The second-order valence-electron chi connectivity index (χ2n) is 7.72. The zero-order valence-electron chi connectivity index (χ0n) is 16.6. The second-order valence-corrected chi connectivity index (χ2v) is 7.72. The highest BCUT2D eigenvalue weighted by Gasteiger charge is 2.80. The third-order valence-corrected chi connectivity index (χ3v) is 6.70. The van der Waals surface area contributed by atoms with Crippen molar-refractivity contribution in [2.24, 2.45) is 22.7 Å². The molecule has 29 heavy (non-hydrogen) atoms. The molecule has 0 unspecified atom stereocenters. The fourth-order valence-corrected chi connectivity index (χ4v) is 5.32. The van der Waals surface area contributed by atoms with E-state index >= 15 is 0 Å². The topological polar surface area (TPSA) is 139 Å². The van der Waals surface area contributed by atoms with E-state index in [1.165, 1.54) is 14.0 Å². The molecule has 2 N–H and O–H groups in total. The van der Waals surface area contributed by atoms with Crippen molar-refractivity contribution < 1.29 is 14.3 Å². The average Bonchev–Trinajstić information content (AvgIpc) is 2.89. The van der Waals surface area contributed by atoms with Crippen molar-refractivity contribution in [3.8, 4) is 24.0 Å². The van der Waals surface area contributed by atoms with E-state index in [9.17, 15) is 25.4 Å². The van der Waals surface area contributed by atoms with Gasteiger partial charge in [-0.3, -0.25) is 9.59 Å². The molecule has 2 amide bonds. The summed E-state index contributed by atoms with van der Waals surface area (Å²) in [5.74, 6) is -2.68. The Morgan fingerprint density at radius 3 is 2.17 bits per heavy atom. The highest BCUT2D eigenvalue weighted by Crippen LogP contribution is 2.66. The summed E-state index contributed by atoms with van der Waals surface area (Å²) < 4.78 is 5.18. The molecular formula is C21H21N5O3. The second kappa shape index (κ2) is 6.50. The molecule has 3 rings (SSSR count). The maximum Gasteiger partial charge on any atom is 0.245 e. The molecule has 1 aromatic rings. The van der Waals surface area contributed by atoms with E-state index < -0.39 is 40.2 Å². The summed E-state index contributed by atoms with van der Waals surface area (Å²) in [7, 11) is 1.52. The van der Waals surface area contributed by atoms with Crippen molar-refractivity contribution in [1.82, 2.24) is 10.6 Å². The van der Waals surface area contributed by atoms with Gasteiger partial charge in [0, 0.05) is 24.7 Å². The number of rotatable bonds is 3. The summed E-state index contributed by atoms with van der Waals surface area (Å²) in [6.45, 7) is 4.73. The summed E-state index contributed by atoms with van der Waals surface area (Å²) in [4.78, 5) is 25.2. The lowest BCUT2D eigenvalue weighted by molar-refractivity contribution is -0.131. The zero-order valence-corrected chi connectivity index (χ0v) is 16.6. The molecule has 0 aromatic heterocycles. The van der Waals surface area contributed by atoms with Crippen LogP contribution >= 0.6 is 0 Å². The van der Waals surface area contributed by atoms with Gasteiger partial charge in [0.25, 0.3) is 0 Å². The highest BCUT2D eigenvalue weighted by molar-refractivity contribution is 5.94. The number of carbonyl (C=O) groups excluding carboxylic acids is 2. The molecule has 2 aliphatic rings. The smallest absolute Gasteiger partial charge is 0.245 e. The molecule has 1 heterocycles. The molecule has 148 valence electrons. The van der Waals surface area contributed by atoms with Crippen LogP contribution in [-0.2, 0) is 9.59 Å². The van der Waals surface area contributed by atoms with Crippen molar-refractivity contribution in [1.29, 1.82) is 15.8 Å². The lowest BCUT2D eigenvalue weighted by Crippen LogP contribution is -2.69. The van der Waals surface area contributed by atoms with Crippen LogP contribution in [0.3, 0.4) is 0 Å². The van der Waals surface area contributed by atoms with E-state index in [-0.39, 0.29) is 5.91 Å². The molecular weight excluding hydrogens is 370 g/mol.